The molecule has 3 nitrogen and oxygen atoms in total. The van der Waals surface area contributed by atoms with Crippen molar-refractivity contribution in [2.75, 3.05) is 0 Å². The van der Waals surface area contributed by atoms with Gasteiger partial charge in [0, 0.05) is 22.8 Å². The van der Waals surface area contributed by atoms with Crippen LogP contribution in [0.4, 0.5) is 0 Å². The summed E-state index contributed by atoms with van der Waals surface area (Å²) in [5.41, 5.74) is 8.14. The Hall–Kier alpha value is -2.29. The van der Waals surface area contributed by atoms with Crippen molar-refractivity contribution in [2.24, 2.45) is 5.73 Å². The molecule has 3 heteroatoms. The molecule has 2 N–H and O–H groups in total. The van der Waals surface area contributed by atoms with E-state index in [0.717, 1.165) is 28.4 Å². The van der Waals surface area contributed by atoms with E-state index in [4.69, 9.17) is 5.73 Å². The fourth-order valence-corrected chi connectivity index (χ4v) is 2.64. The van der Waals surface area contributed by atoms with Crippen molar-refractivity contribution < 1.29 is 4.79 Å². The van der Waals surface area contributed by atoms with Crippen LogP contribution in [0.2, 0.25) is 0 Å². The van der Waals surface area contributed by atoms with E-state index in [0.29, 0.717) is 5.56 Å². The van der Waals surface area contributed by atoms with Gasteiger partial charge in [0.05, 0.1) is 11.1 Å². The van der Waals surface area contributed by atoms with Gasteiger partial charge in [-0.05, 0) is 19.1 Å². The van der Waals surface area contributed by atoms with E-state index in [1.165, 1.54) is 0 Å². The summed E-state index contributed by atoms with van der Waals surface area (Å²) in [6, 6.07) is 13.9. The second-order valence-corrected chi connectivity index (χ2v) is 4.33. The molecule has 0 saturated heterocycles. The Bertz CT molecular complexity index is 756. The van der Waals surface area contributed by atoms with Gasteiger partial charge in [-0.15, -0.1) is 0 Å². The van der Waals surface area contributed by atoms with E-state index in [9.17, 15) is 4.79 Å². The molecule has 1 amide bonds. The van der Waals surface area contributed by atoms with Crippen molar-refractivity contribution >= 4 is 27.7 Å². The highest BCUT2D eigenvalue weighted by Crippen LogP contribution is 2.30. The lowest BCUT2D eigenvalue weighted by Crippen LogP contribution is -2.12. The Morgan fingerprint density at radius 1 is 1.11 bits per heavy atom. The maximum absolute atomic E-state index is 11.6. The number of aryl methyl sites for hydroxylation is 1. The largest absolute Gasteiger partial charge is 0.366 e. The van der Waals surface area contributed by atoms with Crippen LogP contribution < -0.4 is 5.73 Å². The summed E-state index contributed by atoms with van der Waals surface area (Å²) in [7, 11) is 0. The van der Waals surface area contributed by atoms with Crippen LogP contribution in [0.1, 0.15) is 17.3 Å². The Kier molecular flexibility index (Phi) is 2.33. The SMILES string of the molecule is CCn1c2ccccc2c2cccc(C(N)=O)c21. The van der Waals surface area contributed by atoms with Crippen LogP contribution in [0.15, 0.2) is 42.5 Å². The highest BCUT2D eigenvalue weighted by atomic mass is 16.1. The number of carbonyl (C=O) groups is 1. The normalized spacial score (nSPS) is 11.2. The van der Waals surface area contributed by atoms with Gasteiger partial charge in [-0.25, -0.2) is 0 Å². The standard InChI is InChI=1S/C15H14N2O/c1-2-17-13-9-4-3-6-10(13)11-7-5-8-12(14(11)17)15(16)18/h3-9H,2H2,1H3,(H2,16,18). The molecule has 0 aliphatic heterocycles. The van der Waals surface area contributed by atoms with Gasteiger partial charge in [-0.2, -0.15) is 0 Å². The van der Waals surface area contributed by atoms with Crippen molar-refractivity contribution in [3.05, 3.63) is 48.0 Å². The molecule has 2 aromatic carbocycles. The third kappa shape index (κ3) is 1.34. The lowest BCUT2D eigenvalue weighted by molar-refractivity contribution is 0.100. The molecule has 0 saturated carbocycles. The average molecular weight is 238 g/mol. The van der Waals surface area contributed by atoms with Gasteiger partial charge in [0.1, 0.15) is 0 Å². The lowest BCUT2D eigenvalue weighted by Gasteiger charge is -2.05. The molecule has 3 rings (SSSR count). The third-order valence-corrected chi connectivity index (χ3v) is 3.37. The van der Waals surface area contributed by atoms with E-state index in [2.05, 4.69) is 23.6 Å². The molecular weight excluding hydrogens is 224 g/mol. The maximum Gasteiger partial charge on any atom is 0.250 e. The average Bonchev–Trinajstić information content (AvgIpc) is 2.72. The first-order valence-corrected chi connectivity index (χ1v) is 6.03. The van der Waals surface area contributed by atoms with Crippen LogP contribution in [-0.2, 0) is 6.54 Å². The van der Waals surface area contributed by atoms with E-state index >= 15 is 0 Å². The van der Waals surface area contributed by atoms with Crippen LogP contribution in [0.5, 0.6) is 0 Å². The number of rotatable bonds is 2. The van der Waals surface area contributed by atoms with E-state index in [-0.39, 0.29) is 5.91 Å². The Morgan fingerprint density at radius 2 is 1.83 bits per heavy atom. The summed E-state index contributed by atoms with van der Waals surface area (Å²) in [6.07, 6.45) is 0. The number of nitrogens with zero attached hydrogens (tertiary/aromatic N) is 1. The number of amides is 1. The first kappa shape index (κ1) is 10.8. The van der Waals surface area contributed by atoms with Gasteiger partial charge in [0.2, 0.25) is 0 Å². The fraction of sp³-hybridized carbons (Fsp3) is 0.133. The molecule has 1 heterocycles. The summed E-state index contributed by atoms with van der Waals surface area (Å²) < 4.78 is 2.14. The predicted octanol–water partition coefficient (Wildman–Crippen LogP) is 2.91. The summed E-state index contributed by atoms with van der Waals surface area (Å²) in [5.74, 6) is -0.377. The number of hydrogen-bond acceptors (Lipinski definition) is 1. The number of fused-ring (bicyclic) bond motifs is 3. The van der Waals surface area contributed by atoms with E-state index in [1.54, 1.807) is 6.07 Å². The number of primary amides is 1. The molecular formula is C15H14N2O. The van der Waals surface area contributed by atoms with Gasteiger partial charge < -0.3 is 10.3 Å². The van der Waals surface area contributed by atoms with Gasteiger partial charge in [-0.3, -0.25) is 4.79 Å². The van der Waals surface area contributed by atoms with Crippen molar-refractivity contribution in [2.45, 2.75) is 13.5 Å². The molecule has 0 bridgehead atoms. The van der Waals surface area contributed by atoms with Crippen LogP contribution in [-0.4, -0.2) is 10.5 Å². The maximum atomic E-state index is 11.6. The minimum absolute atomic E-state index is 0.377. The highest BCUT2D eigenvalue weighted by Gasteiger charge is 2.14. The van der Waals surface area contributed by atoms with Crippen LogP contribution in [0.3, 0.4) is 0 Å². The zero-order valence-corrected chi connectivity index (χ0v) is 10.2. The number of hydrogen-bond donors (Lipinski definition) is 1. The number of benzene rings is 2. The van der Waals surface area contributed by atoms with Gasteiger partial charge >= 0.3 is 0 Å². The summed E-state index contributed by atoms with van der Waals surface area (Å²) >= 11 is 0. The molecule has 1 aromatic heterocycles. The van der Waals surface area contributed by atoms with Crippen LogP contribution in [0.25, 0.3) is 21.8 Å². The Morgan fingerprint density at radius 3 is 2.56 bits per heavy atom. The van der Waals surface area contributed by atoms with Crippen molar-refractivity contribution in [1.82, 2.24) is 4.57 Å². The fourth-order valence-electron chi connectivity index (χ4n) is 2.64. The molecule has 0 fully saturated rings. The molecule has 0 aliphatic rings. The first-order chi connectivity index (χ1) is 8.74. The second kappa shape index (κ2) is 3.88. The summed E-state index contributed by atoms with van der Waals surface area (Å²) in [5, 5.41) is 2.25. The van der Waals surface area contributed by atoms with Gasteiger partial charge in [0.25, 0.3) is 5.91 Å². The van der Waals surface area contributed by atoms with E-state index in [1.807, 2.05) is 24.3 Å². The summed E-state index contributed by atoms with van der Waals surface area (Å²) in [6.45, 7) is 2.89. The van der Waals surface area contributed by atoms with Gasteiger partial charge in [-0.1, -0.05) is 30.3 Å². The zero-order chi connectivity index (χ0) is 12.7. The third-order valence-electron chi connectivity index (χ3n) is 3.37. The molecule has 0 atom stereocenters. The zero-order valence-electron chi connectivity index (χ0n) is 10.2. The van der Waals surface area contributed by atoms with Crippen molar-refractivity contribution in [1.29, 1.82) is 0 Å². The van der Waals surface area contributed by atoms with Gasteiger partial charge in [0.15, 0.2) is 0 Å². The smallest absolute Gasteiger partial charge is 0.250 e. The molecule has 0 aliphatic carbocycles. The monoisotopic (exact) mass is 238 g/mol. The molecule has 90 valence electrons. The molecule has 3 aromatic rings. The second-order valence-electron chi connectivity index (χ2n) is 4.33. The minimum atomic E-state index is -0.377. The molecule has 0 unspecified atom stereocenters. The molecule has 0 spiro atoms. The number of para-hydroxylation sites is 2. The number of aromatic nitrogens is 1. The molecule has 0 radical (unpaired) electrons. The first-order valence-electron chi connectivity index (χ1n) is 6.03. The Labute approximate surface area is 105 Å². The topological polar surface area (TPSA) is 48.0 Å². The van der Waals surface area contributed by atoms with Crippen molar-refractivity contribution in [3.63, 3.8) is 0 Å². The quantitative estimate of drug-likeness (QED) is 0.733. The Balaban J connectivity index is 2.60. The molecule has 18 heavy (non-hydrogen) atoms. The van der Waals surface area contributed by atoms with E-state index < -0.39 is 0 Å². The lowest BCUT2D eigenvalue weighted by atomic mass is 10.1. The predicted molar refractivity (Wildman–Crippen MR) is 73.6 cm³/mol. The number of nitrogens with two attached hydrogens (primary N) is 1. The summed E-state index contributed by atoms with van der Waals surface area (Å²) in [4.78, 5) is 11.6. The van der Waals surface area contributed by atoms with Crippen molar-refractivity contribution in [3.8, 4) is 0 Å². The number of carbonyl (C=O) groups excluding carboxylic acids is 1. The van der Waals surface area contributed by atoms with Crippen LogP contribution in [0, 0.1) is 0 Å². The highest BCUT2D eigenvalue weighted by molar-refractivity contribution is 6.15. The van der Waals surface area contributed by atoms with Crippen LogP contribution >= 0.6 is 0 Å². The minimum Gasteiger partial charge on any atom is -0.366 e.